The first-order valence-corrected chi connectivity index (χ1v) is 7.46. The number of nitrogens with zero attached hydrogens (tertiary/aromatic N) is 6. The number of amides is 1. The number of carbonyl (C=O) groups is 1. The van der Waals surface area contributed by atoms with Crippen LogP contribution >= 0.6 is 0 Å². The van der Waals surface area contributed by atoms with Crippen LogP contribution in [0.15, 0.2) is 18.2 Å². The third-order valence-electron chi connectivity index (χ3n) is 3.80. The van der Waals surface area contributed by atoms with Gasteiger partial charge >= 0.3 is 0 Å². The number of benzene rings is 1. The van der Waals surface area contributed by atoms with Gasteiger partial charge in [0.25, 0.3) is 0 Å². The van der Waals surface area contributed by atoms with Gasteiger partial charge in [-0.3, -0.25) is 9.48 Å². The van der Waals surface area contributed by atoms with E-state index in [9.17, 15) is 4.79 Å². The van der Waals surface area contributed by atoms with Gasteiger partial charge in [0.2, 0.25) is 5.91 Å². The molecule has 1 N–H and O–H groups in total. The van der Waals surface area contributed by atoms with E-state index in [4.69, 9.17) is 0 Å². The van der Waals surface area contributed by atoms with Crippen molar-refractivity contribution >= 4 is 16.8 Å². The summed E-state index contributed by atoms with van der Waals surface area (Å²) in [5.74, 6) is 0.648. The molecule has 1 amide bonds. The Morgan fingerprint density at radius 3 is 2.87 bits per heavy atom. The highest BCUT2D eigenvalue weighted by atomic mass is 16.1. The van der Waals surface area contributed by atoms with Gasteiger partial charge in [-0.2, -0.15) is 5.10 Å². The molecular weight excluding hydrogens is 294 g/mol. The highest BCUT2D eigenvalue weighted by Gasteiger charge is 2.10. The maximum atomic E-state index is 12.0. The normalized spacial score (nSPS) is 11.1. The quantitative estimate of drug-likeness (QED) is 0.755. The zero-order valence-electron chi connectivity index (χ0n) is 13.4. The lowest BCUT2D eigenvalue weighted by atomic mass is 10.1. The predicted molar refractivity (Wildman–Crippen MR) is 84.5 cm³/mol. The fourth-order valence-corrected chi connectivity index (χ4v) is 2.52. The Labute approximate surface area is 133 Å². The van der Waals surface area contributed by atoms with Crippen LogP contribution in [0.3, 0.4) is 0 Å². The summed E-state index contributed by atoms with van der Waals surface area (Å²) in [5.41, 5.74) is 3.11. The lowest BCUT2D eigenvalue weighted by molar-refractivity contribution is -0.121. The van der Waals surface area contributed by atoms with Gasteiger partial charge < -0.3 is 5.32 Å². The van der Waals surface area contributed by atoms with Gasteiger partial charge in [-0.25, -0.2) is 4.68 Å². The molecule has 0 fully saturated rings. The van der Waals surface area contributed by atoms with E-state index >= 15 is 0 Å². The van der Waals surface area contributed by atoms with Crippen LogP contribution < -0.4 is 5.32 Å². The molecule has 0 bridgehead atoms. The number of rotatable bonds is 5. The lowest BCUT2D eigenvalue weighted by Crippen LogP contribution is -2.24. The summed E-state index contributed by atoms with van der Waals surface area (Å²) in [7, 11) is 1.91. The first-order valence-electron chi connectivity index (χ1n) is 7.46. The minimum absolute atomic E-state index is 0.0497. The van der Waals surface area contributed by atoms with Crippen LogP contribution in [0.1, 0.15) is 23.5 Å². The number of nitrogens with one attached hydrogen (secondary N) is 1. The van der Waals surface area contributed by atoms with Crippen LogP contribution in [0.4, 0.5) is 0 Å². The van der Waals surface area contributed by atoms with Crippen molar-refractivity contribution in [3.05, 3.63) is 35.3 Å². The van der Waals surface area contributed by atoms with Crippen LogP contribution in [-0.4, -0.2) is 35.9 Å². The molecule has 8 heteroatoms. The molecule has 0 unspecified atom stereocenters. The summed E-state index contributed by atoms with van der Waals surface area (Å²) in [6, 6.07) is 6.19. The van der Waals surface area contributed by atoms with Crippen molar-refractivity contribution in [2.24, 2.45) is 7.05 Å². The number of tetrazole rings is 1. The Kier molecular flexibility index (Phi) is 4.05. The first-order chi connectivity index (χ1) is 11.0. The molecule has 2 heterocycles. The zero-order chi connectivity index (χ0) is 16.4. The van der Waals surface area contributed by atoms with Crippen LogP contribution in [-0.2, 0) is 24.9 Å². The SMILES string of the molecule is Cc1ccc2c(c1)c(CNC(=O)CCn1nnnc1C)nn2C. The Morgan fingerprint density at radius 2 is 2.13 bits per heavy atom. The number of aromatic nitrogens is 6. The van der Waals surface area contributed by atoms with Crippen molar-refractivity contribution in [3.63, 3.8) is 0 Å². The smallest absolute Gasteiger partial charge is 0.222 e. The molecule has 0 saturated heterocycles. The second-order valence-electron chi connectivity index (χ2n) is 5.57. The topological polar surface area (TPSA) is 90.5 Å². The minimum Gasteiger partial charge on any atom is -0.350 e. The number of hydrogen-bond acceptors (Lipinski definition) is 5. The predicted octanol–water partition coefficient (Wildman–Crippen LogP) is 0.883. The number of fused-ring (bicyclic) bond motifs is 1. The first kappa shape index (κ1) is 15.1. The van der Waals surface area contributed by atoms with E-state index < -0.39 is 0 Å². The van der Waals surface area contributed by atoms with E-state index in [1.807, 2.05) is 24.7 Å². The fourth-order valence-electron chi connectivity index (χ4n) is 2.52. The van der Waals surface area contributed by atoms with Crippen molar-refractivity contribution in [3.8, 4) is 0 Å². The molecule has 0 aliphatic heterocycles. The van der Waals surface area contributed by atoms with Crippen LogP contribution in [0.5, 0.6) is 0 Å². The number of carbonyl (C=O) groups excluding carboxylic acids is 1. The largest absolute Gasteiger partial charge is 0.350 e. The van der Waals surface area contributed by atoms with E-state index in [1.54, 1.807) is 11.6 Å². The molecule has 2 aromatic heterocycles. The Morgan fingerprint density at radius 1 is 1.30 bits per heavy atom. The molecular formula is C15H19N7O. The lowest BCUT2D eigenvalue weighted by Gasteiger charge is -2.04. The van der Waals surface area contributed by atoms with Crippen LogP contribution in [0.2, 0.25) is 0 Å². The van der Waals surface area contributed by atoms with E-state index in [2.05, 4.69) is 38.1 Å². The molecule has 0 radical (unpaired) electrons. The molecule has 1 aromatic carbocycles. The summed E-state index contributed by atoms with van der Waals surface area (Å²) < 4.78 is 3.44. The van der Waals surface area contributed by atoms with Crippen molar-refractivity contribution < 1.29 is 4.79 Å². The van der Waals surface area contributed by atoms with Gasteiger partial charge in [0.1, 0.15) is 5.82 Å². The number of aryl methyl sites for hydroxylation is 4. The van der Waals surface area contributed by atoms with E-state index in [-0.39, 0.29) is 5.91 Å². The summed E-state index contributed by atoms with van der Waals surface area (Å²) in [6.45, 7) is 4.73. The van der Waals surface area contributed by atoms with Gasteiger partial charge in [-0.15, -0.1) is 5.10 Å². The van der Waals surface area contributed by atoms with E-state index in [1.165, 1.54) is 5.56 Å². The zero-order valence-corrected chi connectivity index (χ0v) is 13.4. The number of hydrogen-bond donors (Lipinski definition) is 1. The maximum Gasteiger partial charge on any atom is 0.222 e. The minimum atomic E-state index is -0.0497. The summed E-state index contributed by atoms with van der Waals surface area (Å²) in [6.07, 6.45) is 0.329. The highest BCUT2D eigenvalue weighted by molar-refractivity contribution is 5.83. The Hall–Kier alpha value is -2.77. The van der Waals surface area contributed by atoms with Crippen molar-refractivity contribution in [2.45, 2.75) is 33.4 Å². The summed E-state index contributed by atoms with van der Waals surface area (Å²) in [4.78, 5) is 12.0. The molecule has 0 atom stereocenters. The second kappa shape index (κ2) is 6.15. The summed E-state index contributed by atoms with van der Waals surface area (Å²) >= 11 is 0. The average molecular weight is 313 g/mol. The fraction of sp³-hybridized carbons (Fsp3) is 0.400. The van der Waals surface area contributed by atoms with E-state index in [0.29, 0.717) is 25.3 Å². The van der Waals surface area contributed by atoms with Crippen LogP contribution in [0, 0.1) is 13.8 Å². The van der Waals surface area contributed by atoms with Gasteiger partial charge in [0, 0.05) is 18.9 Å². The van der Waals surface area contributed by atoms with Crippen LogP contribution in [0.25, 0.3) is 10.9 Å². The maximum absolute atomic E-state index is 12.0. The van der Waals surface area contributed by atoms with Crippen molar-refractivity contribution in [1.82, 2.24) is 35.3 Å². The molecule has 0 spiro atoms. The molecule has 0 aliphatic rings. The average Bonchev–Trinajstić information content (AvgIpc) is 3.06. The van der Waals surface area contributed by atoms with Crippen molar-refractivity contribution in [2.75, 3.05) is 0 Å². The third kappa shape index (κ3) is 3.20. The molecule has 23 heavy (non-hydrogen) atoms. The summed E-state index contributed by atoms with van der Waals surface area (Å²) in [5, 5.41) is 19.6. The Bertz CT molecular complexity index is 849. The van der Waals surface area contributed by atoms with Gasteiger partial charge in [-0.05, 0) is 36.4 Å². The Balaban J connectivity index is 1.63. The monoisotopic (exact) mass is 313 g/mol. The molecule has 0 aliphatic carbocycles. The van der Waals surface area contributed by atoms with Gasteiger partial charge in [0.15, 0.2) is 0 Å². The molecule has 8 nitrogen and oxygen atoms in total. The molecule has 0 saturated carbocycles. The van der Waals surface area contributed by atoms with Gasteiger partial charge in [0.05, 0.1) is 24.3 Å². The molecule has 3 aromatic rings. The molecule has 3 rings (SSSR count). The second-order valence-corrected chi connectivity index (χ2v) is 5.57. The standard InChI is InChI=1S/C15H19N7O/c1-10-4-5-14-12(8-10)13(18-21(14)3)9-16-15(23)6-7-22-11(2)17-19-20-22/h4-5,8H,6-7,9H2,1-3H3,(H,16,23). The van der Waals surface area contributed by atoms with E-state index in [0.717, 1.165) is 16.6 Å². The van der Waals surface area contributed by atoms with Gasteiger partial charge in [-0.1, -0.05) is 11.6 Å². The van der Waals surface area contributed by atoms with Crippen molar-refractivity contribution in [1.29, 1.82) is 0 Å². The highest BCUT2D eigenvalue weighted by Crippen LogP contribution is 2.19. The third-order valence-corrected chi connectivity index (χ3v) is 3.80. The molecule has 120 valence electrons.